The van der Waals surface area contributed by atoms with Gasteiger partial charge in [-0.25, -0.2) is 0 Å². The zero-order valence-electron chi connectivity index (χ0n) is 18.6. The summed E-state index contributed by atoms with van der Waals surface area (Å²) in [5, 5.41) is 4.07. The molecule has 2 aromatic carbocycles. The predicted octanol–water partition coefficient (Wildman–Crippen LogP) is 4.12. The van der Waals surface area contributed by atoms with Gasteiger partial charge in [-0.05, 0) is 39.0 Å². The van der Waals surface area contributed by atoms with Crippen LogP contribution in [0.25, 0.3) is 11.4 Å². The van der Waals surface area contributed by atoms with Crippen molar-refractivity contribution in [3.63, 3.8) is 0 Å². The molecule has 0 aliphatic heterocycles. The summed E-state index contributed by atoms with van der Waals surface area (Å²) in [6, 6.07) is 11.0. The van der Waals surface area contributed by atoms with E-state index in [2.05, 4.69) is 10.1 Å². The Balaban J connectivity index is 1.89. The van der Waals surface area contributed by atoms with Crippen LogP contribution in [0.4, 0.5) is 0 Å². The van der Waals surface area contributed by atoms with E-state index >= 15 is 0 Å². The molecule has 0 aliphatic rings. The van der Waals surface area contributed by atoms with Crippen molar-refractivity contribution < 1.29 is 23.5 Å². The van der Waals surface area contributed by atoms with Crippen LogP contribution in [0.1, 0.15) is 35.7 Å². The summed E-state index contributed by atoms with van der Waals surface area (Å²) in [7, 11) is 4.54. The van der Waals surface area contributed by atoms with Crippen molar-refractivity contribution in [2.45, 2.75) is 33.4 Å². The molecule has 0 saturated carbocycles. The van der Waals surface area contributed by atoms with E-state index in [-0.39, 0.29) is 18.5 Å². The normalized spacial score (nSPS) is 10.8. The van der Waals surface area contributed by atoms with Gasteiger partial charge in [0.15, 0.2) is 11.5 Å². The van der Waals surface area contributed by atoms with Gasteiger partial charge in [-0.15, -0.1) is 0 Å². The van der Waals surface area contributed by atoms with Crippen LogP contribution in [-0.2, 0) is 6.54 Å². The number of carbonyl (C=O) groups is 1. The van der Waals surface area contributed by atoms with Gasteiger partial charge >= 0.3 is 0 Å². The monoisotopic (exact) mass is 425 g/mol. The van der Waals surface area contributed by atoms with Crippen LogP contribution < -0.4 is 14.2 Å². The second-order valence-corrected chi connectivity index (χ2v) is 7.32. The van der Waals surface area contributed by atoms with Crippen molar-refractivity contribution in [2.24, 2.45) is 0 Å². The van der Waals surface area contributed by atoms with Gasteiger partial charge in [0, 0.05) is 17.2 Å². The number of nitrogens with zero attached hydrogens (tertiary/aromatic N) is 3. The highest BCUT2D eigenvalue weighted by molar-refractivity contribution is 5.95. The summed E-state index contributed by atoms with van der Waals surface area (Å²) < 4.78 is 21.5. The van der Waals surface area contributed by atoms with Crippen LogP contribution >= 0.6 is 0 Å². The van der Waals surface area contributed by atoms with Crippen LogP contribution in [0.15, 0.2) is 40.9 Å². The standard InChI is InChI=1S/C23H27N3O5/c1-14(2)26(13-20-24-22(25-31-20)16-9-7-8-15(3)10-16)23(27)17-11-18(28-4)21(30-6)19(12-17)29-5/h7-12,14H,13H2,1-6H3. The number of aryl methyl sites for hydroxylation is 1. The summed E-state index contributed by atoms with van der Waals surface area (Å²) in [5.74, 6) is 1.87. The van der Waals surface area contributed by atoms with Crippen LogP contribution in [0.2, 0.25) is 0 Å². The molecule has 0 N–H and O–H groups in total. The molecule has 8 heteroatoms. The molecule has 3 aromatic rings. The second-order valence-electron chi connectivity index (χ2n) is 7.32. The smallest absolute Gasteiger partial charge is 0.254 e. The molecule has 1 heterocycles. The first-order valence-electron chi connectivity index (χ1n) is 9.88. The number of aromatic nitrogens is 2. The van der Waals surface area contributed by atoms with Gasteiger partial charge in [-0.2, -0.15) is 4.98 Å². The Bertz CT molecular complexity index is 1040. The lowest BCUT2D eigenvalue weighted by Gasteiger charge is -2.26. The lowest BCUT2D eigenvalue weighted by atomic mass is 10.1. The third kappa shape index (κ3) is 4.79. The van der Waals surface area contributed by atoms with Gasteiger partial charge < -0.3 is 23.6 Å². The average Bonchev–Trinajstić information content (AvgIpc) is 3.24. The molecule has 0 saturated heterocycles. The van der Waals surface area contributed by atoms with E-state index in [0.29, 0.717) is 34.5 Å². The van der Waals surface area contributed by atoms with Gasteiger partial charge in [0.1, 0.15) is 6.54 Å². The highest BCUT2D eigenvalue weighted by Gasteiger charge is 2.25. The van der Waals surface area contributed by atoms with Crippen LogP contribution in [-0.4, -0.2) is 48.3 Å². The number of hydrogen-bond acceptors (Lipinski definition) is 7. The van der Waals surface area contributed by atoms with Gasteiger partial charge in [0.05, 0.1) is 21.3 Å². The Kier molecular flexibility index (Phi) is 6.79. The minimum atomic E-state index is -0.218. The number of amides is 1. The summed E-state index contributed by atoms with van der Waals surface area (Å²) in [5.41, 5.74) is 2.37. The van der Waals surface area contributed by atoms with E-state index in [1.807, 2.05) is 45.0 Å². The fraction of sp³-hybridized carbons (Fsp3) is 0.348. The minimum absolute atomic E-state index is 0.110. The van der Waals surface area contributed by atoms with Gasteiger partial charge in [0.2, 0.25) is 17.5 Å². The molecule has 0 aliphatic carbocycles. The SMILES string of the molecule is COc1cc(C(=O)N(Cc2nc(-c3cccc(C)c3)no2)C(C)C)cc(OC)c1OC. The molecule has 31 heavy (non-hydrogen) atoms. The first kappa shape index (κ1) is 22.1. The fourth-order valence-corrected chi connectivity index (χ4v) is 3.23. The Labute approximate surface area is 181 Å². The topological polar surface area (TPSA) is 86.9 Å². The van der Waals surface area contributed by atoms with E-state index in [9.17, 15) is 4.79 Å². The van der Waals surface area contributed by atoms with Gasteiger partial charge in [0.25, 0.3) is 5.91 Å². The molecular formula is C23H27N3O5. The largest absolute Gasteiger partial charge is 0.493 e. The molecule has 0 atom stereocenters. The fourth-order valence-electron chi connectivity index (χ4n) is 3.23. The number of hydrogen-bond donors (Lipinski definition) is 0. The van der Waals surface area contributed by atoms with Gasteiger partial charge in [-0.1, -0.05) is 28.9 Å². The molecule has 0 bridgehead atoms. The maximum absolute atomic E-state index is 13.3. The summed E-state index contributed by atoms with van der Waals surface area (Å²) in [6.07, 6.45) is 0. The zero-order valence-corrected chi connectivity index (χ0v) is 18.6. The lowest BCUT2D eigenvalue weighted by molar-refractivity contribution is 0.0666. The van der Waals surface area contributed by atoms with Crippen molar-refractivity contribution in [1.82, 2.24) is 15.0 Å². The molecular weight excluding hydrogens is 398 g/mol. The summed E-state index contributed by atoms with van der Waals surface area (Å²) in [4.78, 5) is 19.5. The highest BCUT2D eigenvalue weighted by atomic mass is 16.5. The van der Waals surface area contributed by atoms with Gasteiger partial charge in [-0.3, -0.25) is 4.79 Å². The van der Waals surface area contributed by atoms with E-state index in [0.717, 1.165) is 11.1 Å². The molecule has 3 rings (SSSR count). The van der Waals surface area contributed by atoms with Crippen LogP contribution in [0.5, 0.6) is 17.2 Å². The van der Waals surface area contributed by atoms with Crippen molar-refractivity contribution in [3.05, 3.63) is 53.4 Å². The first-order valence-corrected chi connectivity index (χ1v) is 9.88. The Morgan fingerprint density at radius 3 is 2.29 bits per heavy atom. The molecule has 0 radical (unpaired) electrons. The number of ether oxygens (including phenoxy) is 3. The Hall–Kier alpha value is -3.55. The van der Waals surface area contributed by atoms with E-state index < -0.39 is 0 Å². The lowest BCUT2D eigenvalue weighted by Crippen LogP contribution is -2.36. The number of rotatable bonds is 8. The first-order chi connectivity index (χ1) is 14.9. The number of methoxy groups -OCH3 is 3. The van der Waals surface area contributed by atoms with Crippen molar-refractivity contribution >= 4 is 5.91 Å². The molecule has 8 nitrogen and oxygen atoms in total. The average molecular weight is 425 g/mol. The van der Waals surface area contributed by atoms with Crippen LogP contribution in [0, 0.1) is 6.92 Å². The Morgan fingerprint density at radius 1 is 1.06 bits per heavy atom. The summed E-state index contributed by atoms with van der Waals surface area (Å²) >= 11 is 0. The maximum atomic E-state index is 13.3. The number of benzene rings is 2. The van der Waals surface area contributed by atoms with Crippen molar-refractivity contribution in [1.29, 1.82) is 0 Å². The van der Waals surface area contributed by atoms with E-state index in [1.54, 1.807) is 17.0 Å². The van der Waals surface area contributed by atoms with Crippen LogP contribution in [0.3, 0.4) is 0 Å². The van der Waals surface area contributed by atoms with Crippen molar-refractivity contribution in [3.8, 4) is 28.6 Å². The molecule has 1 amide bonds. The third-order valence-corrected chi connectivity index (χ3v) is 4.85. The third-order valence-electron chi connectivity index (χ3n) is 4.85. The zero-order chi connectivity index (χ0) is 22.5. The molecule has 1 aromatic heterocycles. The minimum Gasteiger partial charge on any atom is -0.493 e. The maximum Gasteiger partial charge on any atom is 0.254 e. The van der Waals surface area contributed by atoms with E-state index in [4.69, 9.17) is 18.7 Å². The number of carbonyl (C=O) groups excluding carboxylic acids is 1. The second kappa shape index (κ2) is 9.51. The molecule has 0 spiro atoms. The van der Waals surface area contributed by atoms with E-state index in [1.165, 1.54) is 21.3 Å². The molecule has 0 fully saturated rings. The molecule has 0 unspecified atom stereocenters. The quantitative estimate of drug-likeness (QED) is 0.536. The van der Waals surface area contributed by atoms with Crippen molar-refractivity contribution in [2.75, 3.05) is 21.3 Å². The highest BCUT2D eigenvalue weighted by Crippen LogP contribution is 2.38. The molecule has 164 valence electrons. The Morgan fingerprint density at radius 2 is 1.74 bits per heavy atom. The summed E-state index contributed by atoms with van der Waals surface area (Å²) in [6.45, 7) is 6.02. The predicted molar refractivity (Wildman–Crippen MR) is 116 cm³/mol.